The van der Waals surface area contributed by atoms with Crippen LogP contribution in [0, 0.1) is 23.6 Å². The molecule has 3 atom stereocenters. The van der Waals surface area contributed by atoms with Crippen LogP contribution in [-0.4, -0.2) is 13.6 Å². The van der Waals surface area contributed by atoms with Gasteiger partial charge in [-0.2, -0.15) is 0 Å². The Balaban J connectivity index is 0.00000161. The molecule has 2 aliphatic carbocycles. The fraction of sp³-hybridized carbons (Fsp3) is 0.571. The van der Waals surface area contributed by atoms with Gasteiger partial charge in [0, 0.05) is 0 Å². The van der Waals surface area contributed by atoms with E-state index in [0.717, 1.165) is 30.5 Å². The summed E-state index contributed by atoms with van der Waals surface area (Å²) in [5.41, 5.74) is -0.811. The van der Waals surface area contributed by atoms with Crippen molar-refractivity contribution in [1.29, 1.82) is 0 Å². The first-order valence-corrected chi connectivity index (χ1v) is 7.05. The van der Waals surface area contributed by atoms with Gasteiger partial charge in [0.25, 0.3) is 0 Å². The standard InChI is InChI=1S/C14H16BF4O.K/c16-13-4-3-12(15(17,18)19)7-14(13)20-8-11-6-9-1-2-10(11)5-9;/h3-4,7,9-11H,1-2,5-6,8H2;/q-1;+1. The van der Waals surface area contributed by atoms with E-state index in [-0.39, 0.29) is 57.1 Å². The zero-order chi connectivity index (χ0) is 14.3. The molecule has 2 bridgehead atoms. The molecular formula is C14H16BF4KO. The van der Waals surface area contributed by atoms with Crippen LogP contribution >= 0.6 is 0 Å². The first-order chi connectivity index (χ1) is 9.43. The minimum Gasteiger partial charge on any atom is -0.490 e. The van der Waals surface area contributed by atoms with Gasteiger partial charge in [-0.05, 0) is 49.1 Å². The van der Waals surface area contributed by atoms with Gasteiger partial charge < -0.3 is 17.7 Å². The fourth-order valence-electron chi connectivity index (χ4n) is 3.61. The molecule has 110 valence electrons. The summed E-state index contributed by atoms with van der Waals surface area (Å²) in [6.07, 6.45) is 4.69. The van der Waals surface area contributed by atoms with E-state index in [2.05, 4.69) is 0 Å². The van der Waals surface area contributed by atoms with E-state index in [4.69, 9.17) is 4.74 Å². The summed E-state index contributed by atoms with van der Waals surface area (Å²) < 4.78 is 56.8. The molecule has 3 rings (SSSR count). The SMILES string of the molecule is Fc1ccc([B-](F)(F)F)cc1OCC1CC2CCC1C2.[K+]. The van der Waals surface area contributed by atoms with Crippen LogP contribution in [0.15, 0.2) is 18.2 Å². The normalized spacial score (nSPS) is 27.5. The van der Waals surface area contributed by atoms with Crippen molar-refractivity contribution in [2.45, 2.75) is 25.7 Å². The molecule has 3 unspecified atom stereocenters. The van der Waals surface area contributed by atoms with Gasteiger partial charge in [-0.25, -0.2) is 4.39 Å². The van der Waals surface area contributed by atoms with Crippen molar-refractivity contribution in [3.8, 4) is 5.75 Å². The third-order valence-corrected chi connectivity index (χ3v) is 4.67. The van der Waals surface area contributed by atoms with Gasteiger partial charge in [-0.15, -0.1) is 5.46 Å². The van der Waals surface area contributed by atoms with Gasteiger partial charge in [0.15, 0.2) is 11.6 Å². The number of hydrogen-bond donors (Lipinski definition) is 0. The van der Waals surface area contributed by atoms with E-state index in [0.29, 0.717) is 18.4 Å². The quantitative estimate of drug-likeness (QED) is 0.585. The third-order valence-electron chi connectivity index (χ3n) is 4.67. The van der Waals surface area contributed by atoms with Crippen molar-refractivity contribution in [2.24, 2.45) is 17.8 Å². The molecule has 0 radical (unpaired) electrons. The number of hydrogen-bond acceptors (Lipinski definition) is 1. The Morgan fingerprint density at radius 3 is 2.48 bits per heavy atom. The van der Waals surface area contributed by atoms with Crippen molar-refractivity contribution in [1.82, 2.24) is 0 Å². The molecule has 7 heteroatoms. The van der Waals surface area contributed by atoms with Crippen molar-refractivity contribution in [3.63, 3.8) is 0 Å². The molecule has 0 heterocycles. The molecule has 0 amide bonds. The first-order valence-electron chi connectivity index (χ1n) is 7.05. The number of ether oxygens (including phenoxy) is 1. The van der Waals surface area contributed by atoms with Gasteiger partial charge in [-0.3, -0.25) is 0 Å². The van der Waals surface area contributed by atoms with Crippen LogP contribution in [0.4, 0.5) is 17.3 Å². The monoisotopic (exact) mass is 326 g/mol. The van der Waals surface area contributed by atoms with E-state index in [1.165, 1.54) is 19.3 Å². The van der Waals surface area contributed by atoms with Crippen molar-refractivity contribution in [3.05, 3.63) is 24.0 Å². The predicted molar refractivity (Wildman–Crippen MR) is 69.5 cm³/mol. The van der Waals surface area contributed by atoms with E-state index in [9.17, 15) is 17.3 Å². The van der Waals surface area contributed by atoms with Crippen LogP contribution in [0.2, 0.25) is 0 Å². The van der Waals surface area contributed by atoms with Crippen molar-refractivity contribution >= 4 is 12.4 Å². The van der Waals surface area contributed by atoms with Gasteiger partial charge >= 0.3 is 58.4 Å². The Kier molecular flexibility index (Phi) is 5.85. The maximum Gasteiger partial charge on any atom is 1.00 e. The maximum atomic E-state index is 13.5. The van der Waals surface area contributed by atoms with Gasteiger partial charge in [0.2, 0.25) is 0 Å². The zero-order valence-corrected chi connectivity index (χ0v) is 15.1. The number of benzene rings is 1. The number of halogens is 4. The molecule has 2 aliphatic rings. The molecule has 2 fully saturated rings. The Morgan fingerprint density at radius 2 is 1.90 bits per heavy atom. The van der Waals surface area contributed by atoms with Crippen LogP contribution in [0.3, 0.4) is 0 Å². The maximum absolute atomic E-state index is 13.5. The summed E-state index contributed by atoms with van der Waals surface area (Å²) in [5, 5.41) is 0. The van der Waals surface area contributed by atoms with Crippen LogP contribution in [-0.2, 0) is 0 Å². The van der Waals surface area contributed by atoms with Crippen molar-refractivity contribution < 1.29 is 73.5 Å². The molecule has 0 aliphatic heterocycles. The van der Waals surface area contributed by atoms with Gasteiger partial charge in [0.1, 0.15) is 0 Å². The number of fused-ring (bicyclic) bond motifs is 2. The third kappa shape index (κ3) is 4.05. The fourth-order valence-corrected chi connectivity index (χ4v) is 3.61. The Morgan fingerprint density at radius 1 is 1.14 bits per heavy atom. The van der Waals surface area contributed by atoms with Crippen LogP contribution in [0.5, 0.6) is 5.75 Å². The summed E-state index contributed by atoms with van der Waals surface area (Å²) in [5.74, 6) is 0.719. The Bertz CT molecular complexity index is 508. The zero-order valence-electron chi connectivity index (χ0n) is 12.0. The van der Waals surface area contributed by atoms with E-state index in [1.807, 2.05) is 0 Å². The average molecular weight is 326 g/mol. The molecule has 0 N–H and O–H groups in total. The first kappa shape index (κ1) is 17.8. The molecule has 0 spiro atoms. The second kappa shape index (κ2) is 6.91. The molecular weight excluding hydrogens is 310 g/mol. The summed E-state index contributed by atoms with van der Waals surface area (Å²) in [6, 6.07) is 2.38. The minimum atomic E-state index is -5.12. The topological polar surface area (TPSA) is 9.23 Å². The van der Waals surface area contributed by atoms with Crippen LogP contribution in [0.25, 0.3) is 0 Å². The molecule has 0 saturated heterocycles. The summed E-state index contributed by atoms with van der Waals surface area (Å²) in [7, 11) is 0. The summed E-state index contributed by atoms with van der Waals surface area (Å²) >= 11 is 0. The average Bonchev–Trinajstić information content (AvgIpc) is 2.98. The molecule has 2 saturated carbocycles. The van der Waals surface area contributed by atoms with Crippen LogP contribution in [0.1, 0.15) is 25.7 Å². The molecule has 1 aromatic carbocycles. The Labute approximate surface area is 164 Å². The molecule has 21 heavy (non-hydrogen) atoms. The van der Waals surface area contributed by atoms with E-state index >= 15 is 0 Å². The smallest absolute Gasteiger partial charge is 0.490 e. The van der Waals surface area contributed by atoms with Crippen molar-refractivity contribution in [2.75, 3.05) is 6.61 Å². The second-order valence-electron chi connectivity index (χ2n) is 6.01. The summed E-state index contributed by atoms with van der Waals surface area (Å²) in [6.45, 7) is -4.79. The summed E-state index contributed by atoms with van der Waals surface area (Å²) in [4.78, 5) is 0. The largest absolute Gasteiger partial charge is 1.00 e. The predicted octanol–water partition coefficient (Wildman–Crippen LogP) is 0.699. The van der Waals surface area contributed by atoms with Crippen LogP contribution < -0.4 is 61.6 Å². The van der Waals surface area contributed by atoms with Gasteiger partial charge in [-0.1, -0.05) is 12.5 Å². The van der Waals surface area contributed by atoms with Gasteiger partial charge in [0.05, 0.1) is 6.61 Å². The molecule has 0 aromatic heterocycles. The Hall–Kier alpha value is 0.441. The molecule has 1 aromatic rings. The minimum absolute atomic E-state index is 0. The van der Waals surface area contributed by atoms with E-state index < -0.39 is 18.3 Å². The van der Waals surface area contributed by atoms with E-state index in [1.54, 1.807) is 0 Å². The second-order valence-corrected chi connectivity index (χ2v) is 6.01. The number of rotatable bonds is 4. The molecule has 1 nitrogen and oxygen atoms in total.